The van der Waals surface area contributed by atoms with Gasteiger partial charge in [-0.05, 0) is 36.5 Å². The van der Waals surface area contributed by atoms with Crippen LogP contribution >= 0.6 is 0 Å². The van der Waals surface area contributed by atoms with E-state index in [0.717, 1.165) is 25.1 Å². The number of hydrogen-bond donors (Lipinski definition) is 0. The molecule has 1 saturated heterocycles. The fraction of sp³-hybridized carbons (Fsp3) is 0.529. The summed E-state index contributed by atoms with van der Waals surface area (Å²) in [5.41, 5.74) is 2.62. The highest BCUT2D eigenvalue weighted by Crippen LogP contribution is 2.39. The number of anilines is 1. The molecule has 0 N–H and O–H groups in total. The molecular weight excluding hydrogens is 248 g/mol. The van der Waals surface area contributed by atoms with Gasteiger partial charge in [0.2, 0.25) is 0 Å². The molecule has 0 bridgehead atoms. The van der Waals surface area contributed by atoms with Gasteiger partial charge in [-0.15, -0.1) is 0 Å². The average molecular weight is 270 g/mol. The number of carbonyl (C=O) groups is 1. The van der Waals surface area contributed by atoms with Gasteiger partial charge < -0.3 is 4.90 Å². The number of rotatable bonds is 4. The molecule has 0 saturated carbocycles. The number of nitrogens with zero attached hydrogens (tertiary/aromatic N) is 2. The van der Waals surface area contributed by atoms with Gasteiger partial charge in [0, 0.05) is 18.7 Å². The van der Waals surface area contributed by atoms with Crippen molar-refractivity contribution in [1.29, 1.82) is 5.26 Å². The molecule has 3 heteroatoms. The number of piperidine rings is 1. The van der Waals surface area contributed by atoms with Crippen LogP contribution < -0.4 is 4.90 Å². The summed E-state index contributed by atoms with van der Waals surface area (Å²) >= 11 is 0. The van der Waals surface area contributed by atoms with Crippen LogP contribution in [0.4, 0.5) is 5.69 Å². The minimum atomic E-state index is 0.478. The third-order valence-corrected chi connectivity index (χ3v) is 4.94. The Morgan fingerprint density at radius 1 is 1.30 bits per heavy atom. The molecule has 1 heterocycles. The Kier molecular flexibility index (Phi) is 4.44. The van der Waals surface area contributed by atoms with Gasteiger partial charge in [0.15, 0.2) is 0 Å². The third-order valence-electron chi connectivity index (χ3n) is 4.94. The largest absolute Gasteiger partial charge is 0.370 e. The van der Waals surface area contributed by atoms with Crippen molar-refractivity contribution in [1.82, 2.24) is 0 Å². The SMILES string of the molecule is CCC1(CC)CCN(c2ccc(C=O)cc2C#N)CC1. The van der Waals surface area contributed by atoms with Crippen LogP contribution in [0.1, 0.15) is 55.5 Å². The Morgan fingerprint density at radius 3 is 2.45 bits per heavy atom. The summed E-state index contributed by atoms with van der Waals surface area (Å²) < 4.78 is 0. The third kappa shape index (κ3) is 2.70. The number of nitriles is 1. The van der Waals surface area contributed by atoms with Crippen molar-refractivity contribution in [3.63, 3.8) is 0 Å². The molecule has 0 radical (unpaired) electrons. The van der Waals surface area contributed by atoms with Crippen molar-refractivity contribution < 1.29 is 4.79 Å². The summed E-state index contributed by atoms with van der Waals surface area (Å²) in [6.45, 7) is 6.55. The van der Waals surface area contributed by atoms with Crippen LogP contribution in [0.5, 0.6) is 0 Å². The molecule has 3 nitrogen and oxygen atoms in total. The normalized spacial score (nSPS) is 17.6. The maximum Gasteiger partial charge on any atom is 0.150 e. The Morgan fingerprint density at radius 2 is 1.95 bits per heavy atom. The molecule has 20 heavy (non-hydrogen) atoms. The maximum absolute atomic E-state index is 10.8. The topological polar surface area (TPSA) is 44.1 Å². The van der Waals surface area contributed by atoms with Crippen LogP contribution in [-0.2, 0) is 0 Å². The lowest BCUT2D eigenvalue weighted by molar-refractivity contribution is 0.112. The van der Waals surface area contributed by atoms with E-state index in [4.69, 9.17) is 0 Å². The molecule has 106 valence electrons. The zero-order valence-corrected chi connectivity index (χ0v) is 12.4. The smallest absolute Gasteiger partial charge is 0.150 e. The van der Waals surface area contributed by atoms with E-state index >= 15 is 0 Å². The van der Waals surface area contributed by atoms with Crippen molar-refractivity contribution in [3.05, 3.63) is 29.3 Å². The molecule has 2 rings (SSSR count). The van der Waals surface area contributed by atoms with Crippen molar-refractivity contribution >= 4 is 12.0 Å². The molecule has 1 fully saturated rings. The van der Waals surface area contributed by atoms with Crippen LogP contribution in [0.3, 0.4) is 0 Å². The van der Waals surface area contributed by atoms with E-state index in [1.54, 1.807) is 12.1 Å². The summed E-state index contributed by atoms with van der Waals surface area (Å²) in [7, 11) is 0. The van der Waals surface area contributed by atoms with E-state index in [9.17, 15) is 10.1 Å². The van der Waals surface area contributed by atoms with E-state index < -0.39 is 0 Å². The summed E-state index contributed by atoms with van der Waals surface area (Å²) in [6.07, 6.45) is 5.61. The lowest BCUT2D eigenvalue weighted by atomic mass is 9.74. The minimum Gasteiger partial charge on any atom is -0.370 e. The van der Waals surface area contributed by atoms with Crippen LogP contribution in [0.2, 0.25) is 0 Å². The second-order valence-corrected chi connectivity index (χ2v) is 5.70. The first-order chi connectivity index (χ1) is 9.68. The molecule has 1 aliphatic heterocycles. The average Bonchev–Trinajstić information content (AvgIpc) is 2.54. The quantitative estimate of drug-likeness (QED) is 0.782. The van der Waals surface area contributed by atoms with Crippen LogP contribution in [0, 0.1) is 16.7 Å². The lowest BCUT2D eigenvalue weighted by Crippen LogP contribution is -2.40. The monoisotopic (exact) mass is 270 g/mol. The zero-order chi connectivity index (χ0) is 14.6. The highest BCUT2D eigenvalue weighted by molar-refractivity contribution is 5.78. The van der Waals surface area contributed by atoms with E-state index in [2.05, 4.69) is 24.8 Å². The van der Waals surface area contributed by atoms with Crippen LogP contribution in [0.25, 0.3) is 0 Å². The minimum absolute atomic E-state index is 0.478. The Balaban J connectivity index is 2.19. The molecule has 1 aliphatic rings. The zero-order valence-electron chi connectivity index (χ0n) is 12.4. The van der Waals surface area contributed by atoms with Gasteiger partial charge in [-0.1, -0.05) is 26.7 Å². The highest BCUT2D eigenvalue weighted by Gasteiger charge is 2.31. The lowest BCUT2D eigenvalue weighted by Gasteiger charge is -2.42. The first-order valence-corrected chi connectivity index (χ1v) is 7.42. The first-order valence-electron chi connectivity index (χ1n) is 7.42. The fourth-order valence-corrected chi connectivity index (χ4v) is 3.17. The summed E-state index contributed by atoms with van der Waals surface area (Å²) in [5.74, 6) is 0. The molecule has 1 aromatic rings. The van der Waals surface area contributed by atoms with Crippen molar-refractivity contribution in [2.24, 2.45) is 5.41 Å². The fourth-order valence-electron chi connectivity index (χ4n) is 3.17. The van der Waals surface area contributed by atoms with Gasteiger partial charge in [-0.2, -0.15) is 5.26 Å². The Labute approximate surface area is 121 Å². The van der Waals surface area contributed by atoms with Gasteiger partial charge in [0.25, 0.3) is 0 Å². The molecule has 0 aromatic heterocycles. The Bertz CT molecular complexity index is 516. The number of hydrogen-bond acceptors (Lipinski definition) is 3. The molecule has 0 atom stereocenters. The van der Waals surface area contributed by atoms with Gasteiger partial charge in [-0.25, -0.2) is 0 Å². The summed E-state index contributed by atoms with van der Waals surface area (Å²) in [4.78, 5) is 13.1. The summed E-state index contributed by atoms with van der Waals surface area (Å²) in [5, 5.41) is 9.27. The van der Waals surface area contributed by atoms with E-state index in [0.29, 0.717) is 16.5 Å². The second kappa shape index (κ2) is 6.09. The van der Waals surface area contributed by atoms with Gasteiger partial charge >= 0.3 is 0 Å². The number of carbonyl (C=O) groups excluding carboxylic acids is 1. The van der Waals surface area contributed by atoms with Crippen LogP contribution in [-0.4, -0.2) is 19.4 Å². The van der Waals surface area contributed by atoms with Gasteiger partial charge in [-0.3, -0.25) is 4.79 Å². The molecule has 0 aliphatic carbocycles. The number of benzene rings is 1. The second-order valence-electron chi connectivity index (χ2n) is 5.70. The predicted octanol–water partition coefficient (Wildman–Crippen LogP) is 3.78. The highest BCUT2D eigenvalue weighted by atomic mass is 16.1. The molecular formula is C17H22N2O. The summed E-state index contributed by atoms with van der Waals surface area (Å²) in [6, 6.07) is 7.61. The van der Waals surface area contributed by atoms with Gasteiger partial charge in [0.1, 0.15) is 12.4 Å². The van der Waals surface area contributed by atoms with E-state index in [1.165, 1.54) is 25.7 Å². The molecule has 0 spiro atoms. The Hall–Kier alpha value is -1.82. The maximum atomic E-state index is 10.8. The van der Waals surface area contributed by atoms with Gasteiger partial charge in [0.05, 0.1) is 11.3 Å². The first kappa shape index (κ1) is 14.6. The molecule has 0 amide bonds. The standard InChI is InChI=1S/C17H22N2O/c1-3-17(4-2)7-9-19(10-8-17)16-6-5-14(13-20)11-15(16)12-18/h5-6,11,13H,3-4,7-10H2,1-2H3. The molecule has 0 unspecified atom stereocenters. The van der Waals surface area contributed by atoms with E-state index in [-0.39, 0.29) is 0 Å². The predicted molar refractivity (Wildman–Crippen MR) is 81.0 cm³/mol. The van der Waals surface area contributed by atoms with Crippen molar-refractivity contribution in [2.45, 2.75) is 39.5 Å². The van der Waals surface area contributed by atoms with Crippen molar-refractivity contribution in [2.75, 3.05) is 18.0 Å². The number of aldehydes is 1. The van der Waals surface area contributed by atoms with Crippen molar-refractivity contribution in [3.8, 4) is 6.07 Å². The van der Waals surface area contributed by atoms with E-state index in [1.807, 2.05) is 6.07 Å². The molecule has 1 aromatic carbocycles. The van der Waals surface area contributed by atoms with Crippen LogP contribution in [0.15, 0.2) is 18.2 Å².